The molecule has 0 unspecified atom stereocenters. The Bertz CT molecular complexity index is 740. The van der Waals surface area contributed by atoms with E-state index < -0.39 is 11.5 Å². The van der Waals surface area contributed by atoms with Crippen LogP contribution in [0.2, 0.25) is 15.1 Å². The number of benzene rings is 1. The van der Waals surface area contributed by atoms with Gasteiger partial charge in [-0.25, -0.2) is 0 Å². The molecule has 0 fully saturated rings. The highest BCUT2D eigenvalue weighted by molar-refractivity contribution is 6.46. The molecule has 2 aromatic rings. The number of nitrogens with one attached hydrogen (secondary N) is 1. The summed E-state index contributed by atoms with van der Waals surface area (Å²) in [6.07, 6.45) is 1.12. The molecular formula is C13H8Cl3NO3. The molecule has 7 heteroatoms. The summed E-state index contributed by atoms with van der Waals surface area (Å²) in [6.45, 7) is 0. The van der Waals surface area contributed by atoms with E-state index in [1.165, 1.54) is 24.4 Å². The van der Waals surface area contributed by atoms with Gasteiger partial charge >= 0.3 is 5.97 Å². The fourth-order valence-corrected chi connectivity index (χ4v) is 2.50. The average molecular weight is 333 g/mol. The van der Waals surface area contributed by atoms with Crippen LogP contribution in [0.25, 0.3) is 11.1 Å². The third-order valence-electron chi connectivity index (χ3n) is 2.63. The molecule has 0 atom stereocenters. The van der Waals surface area contributed by atoms with Crippen molar-refractivity contribution in [1.82, 2.24) is 4.98 Å². The van der Waals surface area contributed by atoms with E-state index in [9.17, 15) is 9.59 Å². The molecule has 0 spiro atoms. The van der Waals surface area contributed by atoms with Gasteiger partial charge in [-0.15, -0.1) is 0 Å². The number of carboxylic acid groups (broad SMARTS) is 1. The van der Waals surface area contributed by atoms with Gasteiger partial charge in [0.1, 0.15) is 0 Å². The third-order valence-corrected chi connectivity index (χ3v) is 3.75. The Morgan fingerprint density at radius 1 is 1.20 bits per heavy atom. The Kier molecular flexibility index (Phi) is 4.38. The maximum atomic E-state index is 11.9. The van der Waals surface area contributed by atoms with Crippen molar-refractivity contribution in [3.8, 4) is 11.1 Å². The molecule has 0 saturated heterocycles. The first kappa shape index (κ1) is 14.9. The van der Waals surface area contributed by atoms with Crippen LogP contribution in [0.5, 0.6) is 0 Å². The van der Waals surface area contributed by atoms with Gasteiger partial charge in [-0.3, -0.25) is 9.59 Å². The Balaban J connectivity index is 2.66. The van der Waals surface area contributed by atoms with E-state index in [0.29, 0.717) is 5.56 Å². The van der Waals surface area contributed by atoms with Crippen LogP contribution in [0.3, 0.4) is 0 Å². The van der Waals surface area contributed by atoms with Gasteiger partial charge in [0.05, 0.1) is 27.1 Å². The van der Waals surface area contributed by atoms with Crippen LogP contribution in [0.15, 0.2) is 29.2 Å². The van der Waals surface area contributed by atoms with E-state index in [1.807, 2.05) is 0 Å². The normalized spacial score (nSPS) is 10.6. The van der Waals surface area contributed by atoms with Crippen molar-refractivity contribution in [3.63, 3.8) is 0 Å². The summed E-state index contributed by atoms with van der Waals surface area (Å²) in [5, 5.41) is 9.46. The number of carbonyl (C=O) groups is 1. The summed E-state index contributed by atoms with van der Waals surface area (Å²) in [6, 6.07) is 4.48. The Labute approximate surface area is 128 Å². The van der Waals surface area contributed by atoms with E-state index in [-0.39, 0.29) is 32.6 Å². The molecule has 0 saturated carbocycles. The minimum absolute atomic E-state index is 0.150. The molecule has 20 heavy (non-hydrogen) atoms. The summed E-state index contributed by atoms with van der Waals surface area (Å²) in [5.74, 6) is -1.01. The van der Waals surface area contributed by atoms with Crippen molar-refractivity contribution >= 4 is 40.8 Å². The van der Waals surface area contributed by atoms with Gasteiger partial charge in [0, 0.05) is 11.8 Å². The van der Waals surface area contributed by atoms with E-state index in [2.05, 4.69) is 4.98 Å². The number of halogens is 3. The summed E-state index contributed by atoms with van der Waals surface area (Å²) in [4.78, 5) is 25.1. The van der Waals surface area contributed by atoms with Crippen LogP contribution in [-0.2, 0) is 11.2 Å². The highest BCUT2D eigenvalue weighted by atomic mass is 35.5. The smallest absolute Gasteiger partial charge is 0.307 e. The largest absolute Gasteiger partial charge is 0.481 e. The minimum atomic E-state index is -1.01. The lowest BCUT2D eigenvalue weighted by Crippen LogP contribution is -2.11. The van der Waals surface area contributed by atoms with Crippen LogP contribution in [0.4, 0.5) is 0 Å². The first-order valence-corrected chi connectivity index (χ1v) is 6.61. The molecule has 104 valence electrons. The molecule has 2 N–H and O–H groups in total. The standard InChI is InChI=1S/C13H8Cl3NO3/c14-8-1-2-9(15)12(16)11(8)7-3-6(4-10(18)19)5-17-13(7)20/h1-3,5H,4H2,(H,17,20)(H,18,19). The molecule has 0 aliphatic rings. The maximum Gasteiger partial charge on any atom is 0.307 e. The van der Waals surface area contributed by atoms with Crippen molar-refractivity contribution in [2.75, 3.05) is 0 Å². The van der Waals surface area contributed by atoms with Crippen LogP contribution in [0, 0.1) is 0 Å². The van der Waals surface area contributed by atoms with Crippen LogP contribution in [0.1, 0.15) is 5.56 Å². The van der Waals surface area contributed by atoms with Crippen LogP contribution in [-0.4, -0.2) is 16.1 Å². The zero-order valence-corrected chi connectivity index (χ0v) is 12.2. The highest BCUT2D eigenvalue weighted by Gasteiger charge is 2.16. The Hall–Kier alpha value is -1.49. The van der Waals surface area contributed by atoms with Gasteiger partial charge in [-0.05, 0) is 23.8 Å². The predicted molar refractivity (Wildman–Crippen MR) is 78.9 cm³/mol. The number of hydrogen-bond donors (Lipinski definition) is 2. The predicted octanol–water partition coefficient (Wildman–Crippen LogP) is 3.63. The van der Waals surface area contributed by atoms with Crippen molar-refractivity contribution in [2.45, 2.75) is 6.42 Å². The lowest BCUT2D eigenvalue weighted by atomic mass is 10.0. The van der Waals surface area contributed by atoms with Gasteiger partial charge in [0.15, 0.2) is 0 Å². The molecule has 0 amide bonds. The summed E-state index contributed by atoms with van der Waals surface area (Å²) in [5.41, 5.74) is 0.472. The molecule has 0 aliphatic carbocycles. The van der Waals surface area contributed by atoms with Gasteiger partial charge in [0.25, 0.3) is 5.56 Å². The van der Waals surface area contributed by atoms with Crippen molar-refractivity contribution in [3.05, 3.63) is 55.4 Å². The molecule has 1 aromatic heterocycles. The van der Waals surface area contributed by atoms with Crippen molar-refractivity contribution in [2.24, 2.45) is 0 Å². The molecule has 0 bridgehead atoms. The average Bonchev–Trinajstić information content (AvgIpc) is 2.37. The van der Waals surface area contributed by atoms with E-state index >= 15 is 0 Å². The number of aliphatic carboxylic acids is 1. The SMILES string of the molecule is O=C(O)Cc1c[nH]c(=O)c(-c2c(Cl)ccc(Cl)c2Cl)c1. The van der Waals surface area contributed by atoms with Crippen LogP contribution >= 0.6 is 34.8 Å². The second-order valence-corrected chi connectivity index (χ2v) is 5.23. The molecule has 0 aliphatic heterocycles. The number of aromatic amines is 1. The van der Waals surface area contributed by atoms with Gasteiger partial charge in [0.2, 0.25) is 0 Å². The quantitative estimate of drug-likeness (QED) is 0.843. The van der Waals surface area contributed by atoms with Gasteiger partial charge < -0.3 is 10.1 Å². The fourth-order valence-electron chi connectivity index (χ4n) is 1.76. The van der Waals surface area contributed by atoms with Gasteiger partial charge in [-0.2, -0.15) is 0 Å². The maximum absolute atomic E-state index is 11.9. The van der Waals surface area contributed by atoms with Crippen LogP contribution < -0.4 is 5.56 Å². The minimum Gasteiger partial charge on any atom is -0.481 e. The molecule has 1 heterocycles. The van der Waals surface area contributed by atoms with Crippen molar-refractivity contribution in [1.29, 1.82) is 0 Å². The number of rotatable bonds is 3. The summed E-state index contributed by atoms with van der Waals surface area (Å²) >= 11 is 18.0. The Morgan fingerprint density at radius 2 is 1.85 bits per heavy atom. The number of H-pyrrole nitrogens is 1. The molecule has 1 aromatic carbocycles. The topological polar surface area (TPSA) is 70.2 Å². The molecule has 0 radical (unpaired) electrons. The van der Waals surface area contributed by atoms with Gasteiger partial charge in [-0.1, -0.05) is 34.8 Å². The zero-order valence-electron chi connectivity index (χ0n) is 9.91. The monoisotopic (exact) mass is 331 g/mol. The number of aromatic nitrogens is 1. The fraction of sp³-hybridized carbons (Fsp3) is 0.0769. The summed E-state index contributed by atoms with van der Waals surface area (Å²) < 4.78 is 0. The van der Waals surface area contributed by atoms with E-state index in [4.69, 9.17) is 39.9 Å². The number of carboxylic acids is 1. The first-order chi connectivity index (χ1) is 9.40. The van der Waals surface area contributed by atoms with E-state index in [0.717, 1.165) is 0 Å². The summed E-state index contributed by atoms with van der Waals surface area (Å²) in [7, 11) is 0. The second-order valence-electron chi connectivity index (χ2n) is 4.04. The molecule has 2 rings (SSSR count). The van der Waals surface area contributed by atoms with E-state index in [1.54, 1.807) is 0 Å². The molecule has 4 nitrogen and oxygen atoms in total. The lowest BCUT2D eigenvalue weighted by molar-refractivity contribution is -0.136. The lowest BCUT2D eigenvalue weighted by Gasteiger charge is -2.09. The third kappa shape index (κ3) is 2.98. The Morgan fingerprint density at radius 3 is 2.50 bits per heavy atom. The molecular weight excluding hydrogens is 325 g/mol. The van der Waals surface area contributed by atoms with Crippen molar-refractivity contribution < 1.29 is 9.90 Å². The highest BCUT2D eigenvalue weighted by Crippen LogP contribution is 2.37. The second kappa shape index (κ2) is 5.87. The number of hydrogen-bond acceptors (Lipinski definition) is 2. The first-order valence-electron chi connectivity index (χ1n) is 5.47. The zero-order chi connectivity index (χ0) is 14.9. The number of pyridine rings is 1.